The molecule has 1 aromatic rings. The fourth-order valence-corrected chi connectivity index (χ4v) is 2.06. The number of methoxy groups -OCH3 is 1. The van der Waals surface area contributed by atoms with Crippen molar-refractivity contribution in [1.82, 2.24) is 4.90 Å². The molecule has 1 saturated heterocycles. The van der Waals surface area contributed by atoms with Gasteiger partial charge < -0.3 is 4.74 Å². The molecule has 2 rings (SSSR count). The molecule has 1 fully saturated rings. The Morgan fingerprint density at radius 2 is 2.21 bits per heavy atom. The minimum Gasteiger partial charge on any atom is -0.496 e. The van der Waals surface area contributed by atoms with Gasteiger partial charge in [0.25, 0.3) is 0 Å². The number of rotatable bonds is 3. The molecule has 14 heavy (non-hydrogen) atoms. The summed E-state index contributed by atoms with van der Waals surface area (Å²) in [7, 11) is 1.73. The summed E-state index contributed by atoms with van der Waals surface area (Å²) in [6.07, 6.45) is 1.33. The van der Waals surface area contributed by atoms with E-state index in [1.165, 1.54) is 25.1 Å². The first-order valence-corrected chi connectivity index (χ1v) is 5.63. The predicted octanol–water partition coefficient (Wildman–Crippen LogP) is 2.66. The van der Waals surface area contributed by atoms with Crippen LogP contribution in [-0.2, 0) is 6.54 Å². The van der Waals surface area contributed by atoms with Crippen molar-refractivity contribution in [3.05, 3.63) is 28.2 Å². The maximum absolute atomic E-state index is 5.32. The summed E-state index contributed by atoms with van der Waals surface area (Å²) in [5.74, 6) is 0.986. The van der Waals surface area contributed by atoms with Gasteiger partial charge in [-0.2, -0.15) is 0 Å². The number of halogens is 1. The lowest BCUT2D eigenvalue weighted by Crippen LogP contribution is -2.36. The van der Waals surface area contributed by atoms with E-state index in [9.17, 15) is 0 Å². The van der Waals surface area contributed by atoms with Crippen LogP contribution in [0.1, 0.15) is 12.0 Å². The Kier molecular flexibility index (Phi) is 3.08. The first-order valence-electron chi connectivity index (χ1n) is 4.84. The van der Waals surface area contributed by atoms with E-state index in [1.807, 2.05) is 12.1 Å². The predicted molar refractivity (Wildman–Crippen MR) is 60.6 cm³/mol. The Morgan fingerprint density at radius 1 is 1.43 bits per heavy atom. The first kappa shape index (κ1) is 9.99. The van der Waals surface area contributed by atoms with Gasteiger partial charge in [-0.05, 0) is 37.7 Å². The number of hydrogen-bond acceptors (Lipinski definition) is 2. The maximum Gasteiger partial charge on any atom is 0.123 e. The van der Waals surface area contributed by atoms with Crippen LogP contribution >= 0.6 is 15.9 Å². The molecule has 0 saturated carbocycles. The number of benzene rings is 1. The van der Waals surface area contributed by atoms with Crippen LogP contribution in [0.3, 0.4) is 0 Å². The summed E-state index contributed by atoms with van der Waals surface area (Å²) in [5.41, 5.74) is 1.27. The number of likely N-dealkylation sites (tertiary alicyclic amines) is 1. The number of hydrogen-bond donors (Lipinski definition) is 0. The third-order valence-corrected chi connectivity index (χ3v) is 3.08. The van der Waals surface area contributed by atoms with Crippen LogP contribution in [0.2, 0.25) is 0 Å². The van der Waals surface area contributed by atoms with E-state index < -0.39 is 0 Å². The number of nitrogens with zero attached hydrogens (tertiary/aromatic N) is 1. The van der Waals surface area contributed by atoms with Gasteiger partial charge in [0.05, 0.1) is 7.11 Å². The van der Waals surface area contributed by atoms with E-state index in [4.69, 9.17) is 4.74 Å². The molecule has 0 N–H and O–H groups in total. The molecule has 0 bridgehead atoms. The van der Waals surface area contributed by atoms with Gasteiger partial charge in [0, 0.05) is 16.6 Å². The molecule has 0 unspecified atom stereocenters. The summed E-state index contributed by atoms with van der Waals surface area (Å²) in [5, 5.41) is 0. The molecule has 0 spiro atoms. The van der Waals surface area contributed by atoms with Crippen molar-refractivity contribution in [2.75, 3.05) is 20.2 Å². The van der Waals surface area contributed by atoms with Gasteiger partial charge in [-0.25, -0.2) is 0 Å². The van der Waals surface area contributed by atoms with Crippen molar-refractivity contribution in [3.63, 3.8) is 0 Å². The van der Waals surface area contributed by atoms with Gasteiger partial charge in [0.15, 0.2) is 0 Å². The standard InChI is InChI=1S/C11H14BrNO/c1-14-11-4-3-10(12)7-9(11)8-13-5-2-6-13/h3-4,7H,2,5-6,8H2,1H3. The lowest BCUT2D eigenvalue weighted by atomic mass is 10.1. The topological polar surface area (TPSA) is 12.5 Å². The molecule has 3 heteroatoms. The highest BCUT2D eigenvalue weighted by Gasteiger charge is 2.15. The Hall–Kier alpha value is -0.540. The van der Waals surface area contributed by atoms with Gasteiger partial charge in [-0.1, -0.05) is 15.9 Å². The third kappa shape index (κ3) is 2.10. The minimum atomic E-state index is 0.986. The zero-order chi connectivity index (χ0) is 9.97. The summed E-state index contributed by atoms with van der Waals surface area (Å²) in [4.78, 5) is 2.42. The normalized spacial score (nSPS) is 16.4. The van der Waals surface area contributed by atoms with Crippen LogP contribution in [0.5, 0.6) is 5.75 Å². The molecule has 0 aromatic heterocycles. The van der Waals surface area contributed by atoms with E-state index in [0.29, 0.717) is 0 Å². The second kappa shape index (κ2) is 4.32. The first-order chi connectivity index (χ1) is 6.79. The smallest absolute Gasteiger partial charge is 0.123 e. The van der Waals surface area contributed by atoms with Gasteiger partial charge in [0.2, 0.25) is 0 Å². The molecule has 1 aromatic carbocycles. The van der Waals surface area contributed by atoms with E-state index in [-0.39, 0.29) is 0 Å². The molecule has 1 aliphatic heterocycles. The fourth-order valence-electron chi connectivity index (χ4n) is 1.65. The Bertz CT molecular complexity index is 323. The summed E-state index contributed by atoms with van der Waals surface area (Å²) in [6, 6.07) is 6.16. The third-order valence-electron chi connectivity index (χ3n) is 2.59. The zero-order valence-electron chi connectivity index (χ0n) is 8.29. The van der Waals surface area contributed by atoms with Gasteiger partial charge in [-0.15, -0.1) is 0 Å². The van der Waals surface area contributed by atoms with Crippen LogP contribution in [0.25, 0.3) is 0 Å². The molecule has 1 heterocycles. The summed E-state index contributed by atoms with van der Waals surface area (Å²) >= 11 is 3.48. The van der Waals surface area contributed by atoms with Gasteiger partial charge in [-0.3, -0.25) is 4.90 Å². The molecular weight excluding hydrogens is 242 g/mol. The molecule has 76 valence electrons. The van der Waals surface area contributed by atoms with Crippen LogP contribution in [0.15, 0.2) is 22.7 Å². The van der Waals surface area contributed by atoms with Crippen LogP contribution < -0.4 is 4.74 Å². The monoisotopic (exact) mass is 255 g/mol. The zero-order valence-corrected chi connectivity index (χ0v) is 9.88. The SMILES string of the molecule is COc1ccc(Br)cc1CN1CCC1. The van der Waals surface area contributed by atoms with Crippen molar-refractivity contribution in [2.45, 2.75) is 13.0 Å². The molecular formula is C11H14BrNO. The lowest BCUT2D eigenvalue weighted by molar-refractivity contribution is 0.170. The average molecular weight is 256 g/mol. The van der Waals surface area contributed by atoms with Crippen molar-refractivity contribution in [3.8, 4) is 5.75 Å². The van der Waals surface area contributed by atoms with Gasteiger partial charge in [0.1, 0.15) is 5.75 Å². The Labute approximate surface area is 93.0 Å². The maximum atomic E-state index is 5.32. The Balaban J connectivity index is 2.15. The molecule has 1 aliphatic rings. The second-order valence-electron chi connectivity index (χ2n) is 3.59. The largest absolute Gasteiger partial charge is 0.496 e. The molecule has 0 amide bonds. The van der Waals surface area contributed by atoms with Crippen LogP contribution in [0, 0.1) is 0 Å². The van der Waals surface area contributed by atoms with Crippen molar-refractivity contribution < 1.29 is 4.74 Å². The highest BCUT2D eigenvalue weighted by molar-refractivity contribution is 9.10. The highest BCUT2D eigenvalue weighted by atomic mass is 79.9. The van der Waals surface area contributed by atoms with E-state index in [2.05, 4.69) is 26.9 Å². The van der Waals surface area contributed by atoms with Gasteiger partial charge >= 0.3 is 0 Å². The molecule has 0 atom stereocenters. The minimum absolute atomic E-state index is 0.986. The second-order valence-corrected chi connectivity index (χ2v) is 4.50. The van der Waals surface area contributed by atoms with E-state index in [0.717, 1.165) is 16.8 Å². The van der Waals surface area contributed by atoms with Crippen molar-refractivity contribution in [1.29, 1.82) is 0 Å². The van der Waals surface area contributed by atoms with E-state index in [1.54, 1.807) is 7.11 Å². The quantitative estimate of drug-likeness (QED) is 0.824. The highest BCUT2D eigenvalue weighted by Crippen LogP contribution is 2.25. The van der Waals surface area contributed by atoms with Crippen molar-refractivity contribution in [2.24, 2.45) is 0 Å². The van der Waals surface area contributed by atoms with Crippen LogP contribution in [0.4, 0.5) is 0 Å². The van der Waals surface area contributed by atoms with E-state index >= 15 is 0 Å². The Morgan fingerprint density at radius 3 is 2.79 bits per heavy atom. The summed E-state index contributed by atoms with van der Waals surface area (Å²) in [6.45, 7) is 3.44. The number of ether oxygens (including phenoxy) is 1. The van der Waals surface area contributed by atoms with Crippen LogP contribution in [-0.4, -0.2) is 25.1 Å². The average Bonchev–Trinajstić information content (AvgIpc) is 2.12. The lowest BCUT2D eigenvalue weighted by Gasteiger charge is -2.31. The fraction of sp³-hybridized carbons (Fsp3) is 0.455. The molecule has 2 nitrogen and oxygen atoms in total. The molecule has 0 aliphatic carbocycles. The summed E-state index contributed by atoms with van der Waals surface area (Å²) < 4.78 is 6.44. The molecule has 0 radical (unpaired) electrons. The van der Waals surface area contributed by atoms with Crippen molar-refractivity contribution >= 4 is 15.9 Å².